The normalized spacial score (nSPS) is 24.9. The van der Waals surface area contributed by atoms with E-state index >= 15 is 0 Å². The number of hydrogen-bond acceptors (Lipinski definition) is 4. The first-order valence-corrected chi connectivity index (χ1v) is 9.14. The summed E-state index contributed by atoms with van der Waals surface area (Å²) >= 11 is 0. The lowest BCUT2D eigenvalue weighted by molar-refractivity contribution is -0.118. The summed E-state index contributed by atoms with van der Waals surface area (Å²) in [6.45, 7) is 9.97. The standard InChI is InChI=1S/C15H19NO2.C5H10N2O/c1-4-5-12-9(2)10(3)16-14-7-6-11(15(17)18)8-13(12)14;8-5-7-3-1-6-2-4-7/h4-10,12,16H,1-3H3,(H,17,18);5-6H,1-4H2/b5-4-;. The Morgan fingerprint density at radius 3 is 2.50 bits per heavy atom. The number of carbonyl (C=O) groups excluding carboxylic acids is 1. The minimum absolute atomic E-state index is 0.278. The molecule has 0 aromatic heterocycles. The molecule has 6 nitrogen and oxygen atoms in total. The highest BCUT2D eigenvalue weighted by molar-refractivity contribution is 5.88. The van der Waals surface area contributed by atoms with Crippen molar-refractivity contribution in [3.63, 3.8) is 0 Å². The number of nitrogens with one attached hydrogen (secondary N) is 2. The van der Waals surface area contributed by atoms with E-state index < -0.39 is 5.97 Å². The second-order valence-corrected chi connectivity index (χ2v) is 6.84. The number of carboxylic acids is 1. The third-order valence-corrected chi connectivity index (χ3v) is 5.10. The van der Waals surface area contributed by atoms with Crippen LogP contribution in [0.5, 0.6) is 0 Å². The van der Waals surface area contributed by atoms with E-state index in [9.17, 15) is 9.59 Å². The van der Waals surface area contributed by atoms with Crippen LogP contribution in [0.1, 0.15) is 42.6 Å². The van der Waals surface area contributed by atoms with Gasteiger partial charge in [0.15, 0.2) is 0 Å². The maximum absolute atomic E-state index is 11.1. The zero-order valence-electron chi connectivity index (χ0n) is 15.7. The molecule has 0 aliphatic carbocycles. The van der Waals surface area contributed by atoms with Crippen molar-refractivity contribution in [3.8, 4) is 0 Å². The van der Waals surface area contributed by atoms with E-state index in [1.807, 2.05) is 19.1 Å². The fraction of sp³-hybridized carbons (Fsp3) is 0.500. The summed E-state index contributed by atoms with van der Waals surface area (Å²) in [5.74, 6) is -0.151. The maximum Gasteiger partial charge on any atom is 0.335 e. The Kier molecular flexibility index (Phi) is 7.21. The molecule has 6 heteroatoms. The number of allylic oxidation sites excluding steroid dienone is 2. The first-order chi connectivity index (χ1) is 12.5. The van der Waals surface area contributed by atoms with Crippen molar-refractivity contribution in [1.82, 2.24) is 10.2 Å². The van der Waals surface area contributed by atoms with Crippen LogP contribution in [-0.4, -0.2) is 54.6 Å². The van der Waals surface area contributed by atoms with Crippen LogP contribution in [0.4, 0.5) is 5.69 Å². The second kappa shape index (κ2) is 9.38. The molecule has 2 aliphatic rings. The third-order valence-electron chi connectivity index (χ3n) is 5.10. The monoisotopic (exact) mass is 359 g/mol. The molecular weight excluding hydrogens is 330 g/mol. The Balaban J connectivity index is 0.000000254. The van der Waals surface area contributed by atoms with E-state index in [2.05, 4.69) is 30.6 Å². The first-order valence-electron chi connectivity index (χ1n) is 9.14. The molecule has 2 aliphatic heterocycles. The lowest BCUT2D eigenvalue weighted by Gasteiger charge is -2.36. The molecule has 3 unspecified atom stereocenters. The number of rotatable bonds is 3. The summed E-state index contributed by atoms with van der Waals surface area (Å²) in [6, 6.07) is 5.70. The lowest BCUT2D eigenvalue weighted by atomic mass is 9.78. The van der Waals surface area contributed by atoms with Crippen molar-refractivity contribution in [2.75, 3.05) is 31.5 Å². The molecule has 142 valence electrons. The molecule has 1 aromatic carbocycles. The smallest absolute Gasteiger partial charge is 0.335 e. The van der Waals surface area contributed by atoms with Gasteiger partial charge in [-0.25, -0.2) is 4.79 Å². The minimum atomic E-state index is -0.872. The number of carbonyl (C=O) groups is 2. The van der Waals surface area contributed by atoms with Crippen molar-refractivity contribution < 1.29 is 14.7 Å². The predicted octanol–water partition coefficient (Wildman–Crippen LogP) is 2.54. The average Bonchev–Trinajstić information content (AvgIpc) is 2.66. The molecule has 1 aromatic rings. The molecule has 1 fully saturated rings. The number of benzene rings is 1. The van der Waals surface area contributed by atoms with E-state index in [4.69, 9.17) is 5.11 Å². The highest BCUT2D eigenvalue weighted by atomic mass is 16.4. The van der Waals surface area contributed by atoms with Gasteiger partial charge < -0.3 is 20.6 Å². The average molecular weight is 359 g/mol. The van der Waals surface area contributed by atoms with Gasteiger partial charge in [-0.3, -0.25) is 4.79 Å². The van der Waals surface area contributed by atoms with Gasteiger partial charge in [0.05, 0.1) is 5.56 Å². The van der Waals surface area contributed by atoms with Crippen LogP contribution in [0.15, 0.2) is 30.4 Å². The Hall–Kier alpha value is -2.34. The maximum atomic E-state index is 11.1. The summed E-state index contributed by atoms with van der Waals surface area (Å²) in [4.78, 5) is 22.9. The summed E-state index contributed by atoms with van der Waals surface area (Å²) in [6.07, 6.45) is 5.10. The topological polar surface area (TPSA) is 81.7 Å². The third kappa shape index (κ3) is 4.85. The van der Waals surface area contributed by atoms with Crippen LogP contribution in [0, 0.1) is 5.92 Å². The number of fused-ring (bicyclic) bond motifs is 1. The number of nitrogens with zero attached hydrogens (tertiary/aromatic N) is 1. The van der Waals surface area contributed by atoms with Gasteiger partial charge in [0.1, 0.15) is 0 Å². The number of aromatic carboxylic acids is 1. The zero-order chi connectivity index (χ0) is 19.1. The molecule has 0 saturated carbocycles. The Morgan fingerprint density at radius 1 is 1.27 bits per heavy atom. The SMILES string of the molecule is C/C=C\C1c2cc(C(=O)O)ccc2NC(C)C1C.O=CN1CCNCC1. The number of anilines is 1. The van der Waals surface area contributed by atoms with Crippen molar-refractivity contribution in [1.29, 1.82) is 0 Å². The molecule has 1 amide bonds. The van der Waals surface area contributed by atoms with Crippen molar-refractivity contribution in [2.45, 2.75) is 32.7 Å². The van der Waals surface area contributed by atoms with Gasteiger partial charge in [-0.1, -0.05) is 19.1 Å². The molecule has 2 heterocycles. The quantitative estimate of drug-likeness (QED) is 0.571. The van der Waals surface area contributed by atoms with Gasteiger partial charge in [-0.2, -0.15) is 0 Å². The van der Waals surface area contributed by atoms with E-state index in [0.29, 0.717) is 17.5 Å². The van der Waals surface area contributed by atoms with Crippen LogP contribution in [0.3, 0.4) is 0 Å². The van der Waals surface area contributed by atoms with Crippen LogP contribution in [0.2, 0.25) is 0 Å². The number of piperazine rings is 1. The molecule has 1 saturated heterocycles. The van der Waals surface area contributed by atoms with Crippen molar-refractivity contribution >= 4 is 18.1 Å². The van der Waals surface area contributed by atoms with E-state index in [-0.39, 0.29) is 5.92 Å². The number of carboxylic acid groups (broad SMARTS) is 1. The molecule has 3 N–H and O–H groups in total. The molecule has 0 radical (unpaired) electrons. The lowest BCUT2D eigenvalue weighted by Crippen LogP contribution is -2.42. The van der Waals surface area contributed by atoms with E-state index in [0.717, 1.165) is 43.8 Å². The zero-order valence-corrected chi connectivity index (χ0v) is 15.7. The Bertz CT molecular complexity index is 654. The Labute approximate surface area is 155 Å². The summed E-state index contributed by atoms with van der Waals surface area (Å²) < 4.78 is 0. The molecule has 3 rings (SSSR count). The second-order valence-electron chi connectivity index (χ2n) is 6.84. The molecule has 0 spiro atoms. The van der Waals surface area contributed by atoms with E-state index in [1.165, 1.54) is 0 Å². The van der Waals surface area contributed by atoms with Gasteiger partial charge in [-0.15, -0.1) is 0 Å². The van der Waals surface area contributed by atoms with Gasteiger partial charge in [-0.05, 0) is 43.5 Å². The molecule has 3 atom stereocenters. The summed E-state index contributed by atoms with van der Waals surface area (Å²) in [5, 5.41) is 15.7. The summed E-state index contributed by atoms with van der Waals surface area (Å²) in [7, 11) is 0. The van der Waals surface area contributed by atoms with Gasteiger partial charge in [0.2, 0.25) is 6.41 Å². The van der Waals surface area contributed by atoms with Crippen LogP contribution in [-0.2, 0) is 4.79 Å². The van der Waals surface area contributed by atoms with Crippen LogP contribution < -0.4 is 10.6 Å². The molecule has 0 bridgehead atoms. The highest BCUT2D eigenvalue weighted by Crippen LogP contribution is 2.39. The van der Waals surface area contributed by atoms with Crippen LogP contribution in [0.25, 0.3) is 0 Å². The molecule has 26 heavy (non-hydrogen) atoms. The number of amides is 1. The largest absolute Gasteiger partial charge is 0.478 e. The highest BCUT2D eigenvalue weighted by Gasteiger charge is 2.29. The molecular formula is C20H29N3O3. The van der Waals surface area contributed by atoms with Crippen molar-refractivity contribution in [2.24, 2.45) is 5.92 Å². The van der Waals surface area contributed by atoms with E-state index in [1.54, 1.807) is 17.0 Å². The fourth-order valence-electron chi connectivity index (χ4n) is 3.35. The first kappa shape index (κ1) is 20.0. The Morgan fingerprint density at radius 2 is 1.96 bits per heavy atom. The number of hydrogen-bond donors (Lipinski definition) is 3. The predicted molar refractivity (Wildman–Crippen MR) is 104 cm³/mol. The van der Waals surface area contributed by atoms with Crippen LogP contribution >= 0.6 is 0 Å². The minimum Gasteiger partial charge on any atom is -0.478 e. The van der Waals surface area contributed by atoms with Gasteiger partial charge in [0, 0.05) is 43.8 Å². The van der Waals surface area contributed by atoms with Crippen molar-refractivity contribution in [3.05, 3.63) is 41.5 Å². The summed E-state index contributed by atoms with van der Waals surface area (Å²) in [5.41, 5.74) is 2.49. The van der Waals surface area contributed by atoms with Gasteiger partial charge in [0.25, 0.3) is 0 Å². The van der Waals surface area contributed by atoms with Gasteiger partial charge >= 0.3 is 5.97 Å². The fourth-order valence-corrected chi connectivity index (χ4v) is 3.35.